The van der Waals surface area contributed by atoms with E-state index in [1.807, 2.05) is 6.92 Å². The van der Waals surface area contributed by atoms with Gasteiger partial charge in [-0.2, -0.15) is 0 Å². The van der Waals surface area contributed by atoms with Crippen LogP contribution in [0.15, 0.2) is 4.79 Å². The Morgan fingerprint density at radius 3 is 2.17 bits per heavy atom. The van der Waals surface area contributed by atoms with Gasteiger partial charge in [0.05, 0.1) is 5.56 Å². The molecule has 0 amide bonds. The van der Waals surface area contributed by atoms with E-state index in [9.17, 15) is 9.90 Å². The third kappa shape index (κ3) is 1.02. The summed E-state index contributed by atoms with van der Waals surface area (Å²) >= 11 is 0. The lowest BCUT2D eigenvalue weighted by Crippen LogP contribution is -2.22. The summed E-state index contributed by atoms with van der Waals surface area (Å²) in [6.07, 6.45) is 0. The highest BCUT2D eigenvalue weighted by molar-refractivity contribution is 5.39. The number of pyridine rings is 1. The Labute approximate surface area is 71.3 Å². The van der Waals surface area contributed by atoms with Crippen molar-refractivity contribution in [1.82, 2.24) is 4.57 Å². The van der Waals surface area contributed by atoms with E-state index in [0.717, 1.165) is 11.3 Å². The molecule has 0 fully saturated rings. The van der Waals surface area contributed by atoms with Gasteiger partial charge in [0.1, 0.15) is 5.75 Å². The second kappa shape index (κ2) is 2.66. The minimum atomic E-state index is -0.129. The van der Waals surface area contributed by atoms with Crippen LogP contribution in [0.3, 0.4) is 0 Å². The van der Waals surface area contributed by atoms with Gasteiger partial charge >= 0.3 is 0 Å². The largest absolute Gasteiger partial charge is 0.507 e. The first-order valence-electron chi connectivity index (χ1n) is 3.82. The highest BCUT2D eigenvalue weighted by Crippen LogP contribution is 2.19. The molecule has 0 aliphatic heterocycles. The first-order valence-corrected chi connectivity index (χ1v) is 3.82. The summed E-state index contributed by atoms with van der Waals surface area (Å²) in [6.45, 7) is 5.25. The van der Waals surface area contributed by atoms with E-state index >= 15 is 0 Å². The van der Waals surface area contributed by atoms with E-state index in [0.29, 0.717) is 5.56 Å². The van der Waals surface area contributed by atoms with Crippen LogP contribution >= 0.6 is 0 Å². The third-order valence-electron chi connectivity index (χ3n) is 2.38. The molecular weight excluding hydrogens is 154 g/mol. The van der Waals surface area contributed by atoms with Crippen molar-refractivity contribution in [2.45, 2.75) is 20.8 Å². The standard InChI is InChI=1S/C9H13NO2/c1-5-7(3)10(4)9(12)6(2)8(5)11/h11H,1-4H3. The van der Waals surface area contributed by atoms with E-state index in [1.54, 1.807) is 25.5 Å². The van der Waals surface area contributed by atoms with Crippen LogP contribution in [0.5, 0.6) is 5.75 Å². The Hall–Kier alpha value is -1.25. The van der Waals surface area contributed by atoms with Gasteiger partial charge in [0.15, 0.2) is 0 Å². The lowest BCUT2D eigenvalue weighted by molar-refractivity contribution is 0.461. The van der Waals surface area contributed by atoms with Crippen LogP contribution in [0.1, 0.15) is 16.8 Å². The number of hydrogen-bond acceptors (Lipinski definition) is 2. The van der Waals surface area contributed by atoms with Crippen molar-refractivity contribution in [3.63, 3.8) is 0 Å². The maximum Gasteiger partial charge on any atom is 0.257 e. The predicted molar refractivity (Wildman–Crippen MR) is 47.6 cm³/mol. The molecule has 3 nitrogen and oxygen atoms in total. The molecule has 0 spiro atoms. The van der Waals surface area contributed by atoms with Crippen LogP contribution in [0.2, 0.25) is 0 Å². The van der Waals surface area contributed by atoms with Crippen molar-refractivity contribution in [2.75, 3.05) is 0 Å². The molecule has 1 aromatic rings. The van der Waals surface area contributed by atoms with Gasteiger partial charge in [-0.15, -0.1) is 0 Å². The van der Waals surface area contributed by atoms with Gasteiger partial charge < -0.3 is 9.67 Å². The second-order valence-electron chi connectivity index (χ2n) is 3.05. The first-order chi connectivity index (χ1) is 5.46. The molecule has 12 heavy (non-hydrogen) atoms. The van der Waals surface area contributed by atoms with Gasteiger partial charge in [0.2, 0.25) is 0 Å². The van der Waals surface area contributed by atoms with E-state index in [1.165, 1.54) is 0 Å². The molecule has 0 atom stereocenters. The van der Waals surface area contributed by atoms with Crippen molar-refractivity contribution in [1.29, 1.82) is 0 Å². The second-order valence-corrected chi connectivity index (χ2v) is 3.05. The Kier molecular flexibility index (Phi) is 1.96. The zero-order valence-electron chi connectivity index (χ0n) is 7.80. The third-order valence-corrected chi connectivity index (χ3v) is 2.38. The minimum absolute atomic E-state index is 0.121. The van der Waals surface area contributed by atoms with Crippen LogP contribution in [0.25, 0.3) is 0 Å². The Balaban J connectivity index is 3.73. The molecule has 0 unspecified atom stereocenters. The summed E-state index contributed by atoms with van der Waals surface area (Å²) in [7, 11) is 1.71. The zero-order valence-corrected chi connectivity index (χ0v) is 7.80. The van der Waals surface area contributed by atoms with Crippen molar-refractivity contribution < 1.29 is 5.11 Å². The molecule has 3 heteroatoms. The molecular formula is C9H13NO2. The summed E-state index contributed by atoms with van der Waals surface area (Å²) in [5.74, 6) is 0.121. The fourth-order valence-electron chi connectivity index (χ4n) is 1.21. The van der Waals surface area contributed by atoms with Gasteiger partial charge in [0, 0.05) is 18.3 Å². The zero-order chi connectivity index (χ0) is 9.46. The topological polar surface area (TPSA) is 42.2 Å². The smallest absolute Gasteiger partial charge is 0.257 e. The fraction of sp³-hybridized carbons (Fsp3) is 0.444. The predicted octanol–water partition coefficient (Wildman–Crippen LogP) is 1.02. The SMILES string of the molecule is Cc1c(O)c(C)c(=O)n(C)c1C. The monoisotopic (exact) mass is 167 g/mol. The number of aromatic nitrogens is 1. The highest BCUT2D eigenvalue weighted by atomic mass is 16.3. The lowest BCUT2D eigenvalue weighted by Gasteiger charge is -2.10. The van der Waals surface area contributed by atoms with Crippen LogP contribution in [0.4, 0.5) is 0 Å². The summed E-state index contributed by atoms with van der Waals surface area (Å²) in [6, 6.07) is 0. The quantitative estimate of drug-likeness (QED) is 0.626. The molecule has 1 N–H and O–H groups in total. The van der Waals surface area contributed by atoms with Crippen molar-refractivity contribution in [3.8, 4) is 5.75 Å². The normalized spacial score (nSPS) is 10.3. The molecule has 1 aromatic heterocycles. The Morgan fingerprint density at radius 2 is 1.67 bits per heavy atom. The average molecular weight is 167 g/mol. The molecule has 0 radical (unpaired) electrons. The molecule has 0 bridgehead atoms. The highest BCUT2D eigenvalue weighted by Gasteiger charge is 2.09. The Bertz CT molecular complexity index is 345. The summed E-state index contributed by atoms with van der Waals surface area (Å²) in [4.78, 5) is 11.4. The van der Waals surface area contributed by atoms with Gasteiger partial charge in [0.25, 0.3) is 5.56 Å². The molecule has 0 aromatic carbocycles. The lowest BCUT2D eigenvalue weighted by atomic mass is 10.1. The molecule has 66 valence electrons. The van der Waals surface area contributed by atoms with E-state index in [2.05, 4.69) is 0 Å². The minimum Gasteiger partial charge on any atom is -0.507 e. The van der Waals surface area contributed by atoms with Gasteiger partial charge in [-0.3, -0.25) is 4.79 Å². The fourth-order valence-corrected chi connectivity index (χ4v) is 1.21. The summed E-state index contributed by atoms with van der Waals surface area (Å²) < 4.78 is 1.55. The molecule has 0 saturated heterocycles. The van der Waals surface area contributed by atoms with Gasteiger partial charge in [-0.05, 0) is 20.8 Å². The number of aromatic hydroxyl groups is 1. The van der Waals surface area contributed by atoms with E-state index in [4.69, 9.17) is 0 Å². The molecule has 0 aliphatic carbocycles. The van der Waals surface area contributed by atoms with Crippen molar-refractivity contribution >= 4 is 0 Å². The van der Waals surface area contributed by atoms with Crippen LogP contribution < -0.4 is 5.56 Å². The number of nitrogens with zero attached hydrogens (tertiary/aromatic N) is 1. The Morgan fingerprint density at radius 1 is 1.17 bits per heavy atom. The molecule has 1 heterocycles. The van der Waals surface area contributed by atoms with Crippen LogP contribution in [-0.4, -0.2) is 9.67 Å². The molecule has 0 aliphatic rings. The molecule has 0 saturated carbocycles. The number of rotatable bonds is 0. The van der Waals surface area contributed by atoms with Crippen LogP contribution in [0, 0.1) is 20.8 Å². The average Bonchev–Trinajstić information content (AvgIpc) is 2.08. The van der Waals surface area contributed by atoms with Gasteiger partial charge in [-0.25, -0.2) is 0 Å². The number of hydrogen-bond donors (Lipinski definition) is 1. The van der Waals surface area contributed by atoms with Crippen molar-refractivity contribution in [3.05, 3.63) is 27.2 Å². The summed E-state index contributed by atoms with van der Waals surface area (Å²) in [5.41, 5.74) is 1.87. The maximum absolute atomic E-state index is 11.4. The van der Waals surface area contributed by atoms with E-state index in [-0.39, 0.29) is 11.3 Å². The van der Waals surface area contributed by atoms with Gasteiger partial charge in [-0.1, -0.05) is 0 Å². The summed E-state index contributed by atoms with van der Waals surface area (Å²) in [5, 5.41) is 9.48. The first kappa shape index (κ1) is 8.84. The maximum atomic E-state index is 11.4. The molecule has 1 rings (SSSR count). The van der Waals surface area contributed by atoms with Crippen LogP contribution in [-0.2, 0) is 7.05 Å². The van der Waals surface area contributed by atoms with E-state index < -0.39 is 0 Å². The van der Waals surface area contributed by atoms with Crippen molar-refractivity contribution in [2.24, 2.45) is 7.05 Å².